The van der Waals surface area contributed by atoms with Crippen LogP contribution >= 0.6 is 0 Å². The molecule has 0 aromatic heterocycles. The van der Waals surface area contributed by atoms with E-state index in [9.17, 15) is 0 Å². The molecule has 0 spiro atoms. The predicted molar refractivity (Wildman–Crippen MR) is 73.4 cm³/mol. The largest absolute Gasteiger partial charge is 0.378 e. The molecule has 3 heteroatoms. The molecular weight excluding hydrogens is 212 g/mol. The third-order valence-corrected chi connectivity index (χ3v) is 3.47. The SMILES string of the molecule is CCOC1CC(CCNC(C)CNC(C)C)C1. The summed E-state index contributed by atoms with van der Waals surface area (Å²) in [4.78, 5) is 0. The molecule has 17 heavy (non-hydrogen) atoms. The Kier molecular flexibility index (Phi) is 7.09. The number of rotatable bonds is 9. The molecule has 0 amide bonds. The van der Waals surface area contributed by atoms with Crippen molar-refractivity contribution in [2.45, 2.75) is 65.1 Å². The summed E-state index contributed by atoms with van der Waals surface area (Å²) in [5, 5.41) is 7.03. The van der Waals surface area contributed by atoms with Gasteiger partial charge in [0.05, 0.1) is 6.10 Å². The van der Waals surface area contributed by atoms with Gasteiger partial charge >= 0.3 is 0 Å². The maximum atomic E-state index is 5.57. The number of hydrogen-bond acceptors (Lipinski definition) is 3. The fourth-order valence-electron chi connectivity index (χ4n) is 2.30. The molecule has 2 N–H and O–H groups in total. The van der Waals surface area contributed by atoms with E-state index in [0.717, 1.165) is 25.6 Å². The first-order chi connectivity index (χ1) is 8.11. The minimum atomic E-state index is 0.560. The van der Waals surface area contributed by atoms with Crippen molar-refractivity contribution in [3.05, 3.63) is 0 Å². The Morgan fingerprint density at radius 1 is 1.18 bits per heavy atom. The van der Waals surface area contributed by atoms with Crippen molar-refractivity contribution in [1.29, 1.82) is 0 Å². The van der Waals surface area contributed by atoms with Crippen molar-refractivity contribution in [3.63, 3.8) is 0 Å². The lowest BCUT2D eigenvalue weighted by molar-refractivity contribution is -0.0264. The van der Waals surface area contributed by atoms with E-state index in [1.807, 2.05) is 0 Å². The Hall–Kier alpha value is -0.120. The molecule has 1 aliphatic carbocycles. The van der Waals surface area contributed by atoms with E-state index < -0.39 is 0 Å². The Bertz CT molecular complexity index is 191. The second kappa shape index (κ2) is 8.06. The quantitative estimate of drug-likeness (QED) is 0.650. The molecule has 0 aromatic carbocycles. The first kappa shape index (κ1) is 14.9. The summed E-state index contributed by atoms with van der Waals surface area (Å²) in [6, 6.07) is 1.15. The molecule has 1 rings (SSSR count). The van der Waals surface area contributed by atoms with E-state index >= 15 is 0 Å². The number of nitrogens with one attached hydrogen (secondary N) is 2. The van der Waals surface area contributed by atoms with Crippen LogP contribution in [0.3, 0.4) is 0 Å². The molecular formula is C14H30N2O. The second-order valence-corrected chi connectivity index (χ2v) is 5.62. The third kappa shape index (κ3) is 6.39. The van der Waals surface area contributed by atoms with Crippen molar-refractivity contribution in [1.82, 2.24) is 10.6 Å². The van der Waals surface area contributed by atoms with Crippen LogP contribution in [0.1, 0.15) is 47.0 Å². The van der Waals surface area contributed by atoms with Gasteiger partial charge in [-0.05, 0) is 45.6 Å². The van der Waals surface area contributed by atoms with Gasteiger partial charge in [0, 0.05) is 25.2 Å². The minimum absolute atomic E-state index is 0.560. The highest BCUT2D eigenvalue weighted by Gasteiger charge is 2.28. The Morgan fingerprint density at radius 2 is 1.88 bits per heavy atom. The fourth-order valence-corrected chi connectivity index (χ4v) is 2.30. The van der Waals surface area contributed by atoms with E-state index in [1.54, 1.807) is 0 Å². The lowest BCUT2D eigenvalue weighted by Gasteiger charge is -2.35. The monoisotopic (exact) mass is 242 g/mol. The van der Waals surface area contributed by atoms with Crippen molar-refractivity contribution in [2.75, 3.05) is 19.7 Å². The van der Waals surface area contributed by atoms with Gasteiger partial charge in [-0.2, -0.15) is 0 Å². The second-order valence-electron chi connectivity index (χ2n) is 5.62. The molecule has 0 bridgehead atoms. The standard InChI is InChI=1S/C14H30N2O/c1-5-17-14-8-13(9-14)6-7-15-12(4)10-16-11(2)3/h11-16H,5-10H2,1-4H3. The Balaban J connectivity index is 1.91. The molecule has 0 aliphatic heterocycles. The van der Waals surface area contributed by atoms with Crippen LogP contribution in [0.2, 0.25) is 0 Å². The molecule has 0 aromatic rings. The van der Waals surface area contributed by atoms with Gasteiger partial charge in [0.2, 0.25) is 0 Å². The lowest BCUT2D eigenvalue weighted by Crippen LogP contribution is -2.40. The molecule has 3 nitrogen and oxygen atoms in total. The molecule has 1 saturated carbocycles. The van der Waals surface area contributed by atoms with Gasteiger partial charge in [0.25, 0.3) is 0 Å². The highest BCUT2D eigenvalue weighted by molar-refractivity contribution is 4.81. The van der Waals surface area contributed by atoms with Crippen LogP contribution in [-0.2, 0) is 4.74 Å². The van der Waals surface area contributed by atoms with Gasteiger partial charge in [0.15, 0.2) is 0 Å². The summed E-state index contributed by atoms with van der Waals surface area (Å²) in [6.07, 6.45) is 4.41. The highest BCUT2D eigenvalue weighted by Crippen LogP contribution is 2.32. The highest BCUT2D eigenvalue weighted by atomic mass is 16.5. The summed E-state index contributed by atoms with van der Waals surface area (Å²) in [5.74, 6) is 0.893. The average Bonchev–Trinajstić information content (AvgIpc) is 2.22. The lowest BCUT2D eigenvalue weighted by atomic mass is 9.80. The summed E-state index contributed by atoms with van der Waals surface area (Å²) in [6.45, 7) is 11.8. The van der Waals surface area contributed by atoms with Gasteiger partial charge in [0.1, 0.15) is 0 Å². The fraction of sp³-hybridized carbons (Fsp3) is 1.00. The molecule has 0 heterocycles. The third-order valence-electron chi connectivity index (χ3n) is 3.47. The van der Waals surface area contributed by atoms with Crippen LogP contribution in [0.4, 0.5) is 0 Å². The molecule has 0 saturated heterocycles. The van der Waals surface area contributed by atoms with Crippen molar-refractivity contribution >= 4 is 0 Å². The molecule has 1 unspecified atom stereocenters. The molecule has 1 atom stereocenters. The Morgan fingerprint density at radius 3 is 2.47 bits per heavy atom. The summed E-state index contributed by atoms with van der Waals surface area (Å²) in [7, 11) is 0. The zero-order valence-corrected chi connectivity index (χ0v) is 12.0. The Labute approximate surface area is 107 Å². The van der Waals surface area contributed by atoms with E-state index in [0.29, 0.717) is 18.2 Å². The summed E-state index contributed by atoms with van der Waals surface area (Å²) >= 11 is 0. The van der Waals surface area contributed by atoms with Crippen molar-refractivity contribution in [3.8, 4) is 0 Å². The van der Waals surface area contributed by atoms with Gasteiger partial charge in [-0.3, -0.25) is 0 Å². The summed E-state index contributed by atoms with van der Waals surface area (Å²) < 4.78 is 5.57. The zero-order valence-electron chi connectivity index (χ0n) is 12.0. The van der Waals surface area contributed by atoms with E-state index in [1.165, 1.54) is 19.3 Å². The van der Waals surface area contributed by atoms with Crippen LogP contribution < -0.4 is 10.6 Å². The van der Waals surface area contributed by atoms with Crippen LogP contribution in [0.25, 0.3) is 0 Å². The van der Waals surface area contributed by atoms with E-state index in [4.69, 9.17) is 4.74 Å². The van der Waals surface area contributed by atoms with Crippen LogP contribution in [0, 0.1) is 5.92 Å². The number of hydrogen-bond donors (Lipinski definition) is 2. The van der Waals surface area contributed by atoms with Gasteiger partial charge < -0.3 is 15.4 Å². The van der Waals surface area contributed by atoms with E-state index in [2.05, 4.69) is 38.3 Å². The van der Waals surface area contributed by atoms with Gasteiger partial charge in [-0.25, -0.2) is 0 Å². The first-order valence-corrected chi connectivity index (χ1v) is 7.20. The molecule has 102 valence electrons. The zero-order chi connectivity index (χ0) is 12.7. The van der Waals surface area contributed by atoms with E-state index in [-0.39, 0.29) is 0 Å². The number of ether oxygens (including phenoxy) is 1. The molecule has 0 radical (unpaired) electrons. The van der Waals surface area contributed by atoms with Crippen LogP contribution in [0.15, 0.2) is 0 Å². The van der Waals surface area contributed by atoms with Crippen LogP contribution in [0.5, 0.6) is 0 Å². The topological polar surface area (TPSA) is 33.3 Å². The van der Waals surface area contributed by atoms with Gasteiger partial charge in [-0.15, -0.1) is 0 Å². The average molecular weight is 242 g/mol. The predicted octanol–water partition coefficient (Wildman–Crippen LogP) is 2.17. The first-order valence-electron chi connectivity index (χ1n) is 7.20. The van der Waals surface area contributed by atoms with Crippen molar-refractivity contribution < 1.29 is 4.74 Å². The normalized spacial score (nSPS) is 25.9. The van der Waals surface area contributed by atoms with Crippen molar-refractivity contribution in [2.24, 2.45) is 5.92 Å². The minimum Gasteiger partial charge on any atom is -0.378 e. The molecule has 1 aliphatic rings. The molecule has 1 fully saturated rings. The van der Waals surface area contributed by atoms with Gasteiger partial charge in [-0.1, -0.05) is 13.8 Å². The maximum Gasteiger partial charge on any atom is 0.0580 e. The smallest absolute Gasteiger partial charge is 0.0580 e. The van der Waals surface area contributed by atoms with Crippen LogP contribution in [-0.4, -0.2) is 37.9 Å². The summed E-state index contributed by atoms with van der Waals surface area (Å²) in [5.41, 5.74) is 0. The maximum absolute atomic E-state index is 5.57.